The molecule has 1 aromatic carbocycles. The molecule has 1 aliphatic carbocycles. The predicted octanol–water partition coefficient (Wildman–Crippen LogP) is 4.27. The van der Waals surface area contributed by atoms with E-state index in [1.165, 1.54) is 12.1 Å². The van der Waals surface area contributed by atoms with Crippen LogP contribution < -0.4 is 10.2 Å². The first-order valence-corrected chi connectivity index (χ1v) is 10.8. The number of piperidine rings is 2. The third-order valence-corrected chi connectivity index (χ3v) is 7.66. The van der Waals surface area contributed by atoms with Crippen LogP contribution in [0.25, 0.3) is 0 Å². The second-order valence-corrected chi connectivity index (χ2v) is 9.37. The lowest BCUT2D eigenvalue weighted by atomic mass is 9.87. The van der Waals surface area contributed by atoms with E-state index in [9.17, 15) is 26.3 Å². The second-order valence-electron chi connectivity index (χ2n) is 9.37. The Balaban J connectivity index is 1.41. The first-order valence-electron chi connectivity index (χ1n) is 10.8. The summed E-state index contributed by atoms with van der Waals surface area (Å²) < 4.78 is 81.9. The minimum atomic E-state index is -4.53. The van der Waals surface area contributed by atoms with E-state index in [-0.39, 0.29) is 36.2 Å². The lowest BCUT2D eigenvalue weighted by Gasteiger charge is -2.30. The topological polar surface area (TPSA) is 45.8 Å². The number of benzene rings is 1. The van der Waals surface area contributed by atoms with Crippen LogP contribution in [0.4, 0.5) is 32.3 Å². The van der Waals surface area contributed by atoms with Gasteiger partial charge in [-0.2, -0.15) is 31.3 Å². The van der Waals surface area contributed by atoms with Crippen LogP contribution in [-0.2, 0) is 6.18 Å². The van der Waals surface area contributed by atoms with Crippen molar-refractivity contribution in [2.75, 3.05) is 18.0 Å². The van der Waals surface area contributed by atoms with Crippen molar-refractivity contribution in [3.05, 3.63) is 41.2 Å². The smallest absolute Gasteiger partial charge is 0.325 e. The van der Waals surface area contributed by atoms with Crippen molar-refractivity contribution in [3.8, 4) is 0 Å². The number of fused-ring (bicyclic) bond motifs is 1. The van der Waals surface area contributed by atoms with E-state index < -0.39 is 29.9 Å². The Morgan fingerprint density at radius 3 is 2.59 bits per heavy atom. The highest BCUT2D eigenvalue weighted by atomic mass is 19.4. The summed E-state index contributed by atoms with van der Waals surface area (Å²) in [5.41, 5.74) is -0.650. The molecule has 2 bridgehead atoms. The zero-order valence-electron chi connectivity index (χ0n) is 16.9. The SMILES string of the molecule is FC(F)(F)c1cccc(C2CCC(C(F)(F)F)n3nc(N4[C@H]5[C@H]6CC[C@]54CNC6)nc32)c1. The van der Waals surface area contributed by atoms with Crippen molar-refractivity contribution in [3.63, 3.8) is 0 Å². The average molecular weight is 457 g/mol. The number of hydrogen-bond donors (Lipinski definition) is 1. The molecular formula is C21H21F6N5. The van der Waals surface area contributed by atoms with Gasteiger partial charge in [-0.1, -0.05) is 18.2 Å². The summed E-state index contributed by atoms with van der Waals surface area (Å²) in [6.07, 6.45) is -7.22. The Morgan fingerprint density at radius 2 is 1.88 bits per heavy atom. The lowest BCUT2D eigenvalue weighted by molar-refractivity contribution is -0.175. The van der Waals surface area contributed by atoms with Crippen LogP contribution >= 0.6 is 0 Å². The Kier molecular flexibility index (Phi) is 4.06. The fourth-order valence-corrected chi connectivity index (χ4v) is 6.22. The van der Waals surface area contributed by atoms with Gasteiger partial charge in [0, 0.05) is 19.0 Å². The molecule has 4 aliphatic rings. The molecule has 2 saturated heterocycles. The normalized spacial score (nSPS) is 33.8. The third kappa shape index (κ3) is 2.82. The number of aromatic nitrogens is 3. The van der Waals surface area contributed by atoms with Crippen molar-refractivity contribution >= 4 is 5.95 Å². The average Bonchev–Trinajstić information content (AvgIpc) is 3.12. The van der Waals surface area contributed by atoms with Gasteiger partial charge in [0.15, 0.2) is 0 Å². The number of rotatable bonds is 2. The summed E-state index contributed by atoms with van der Waals surface area (Å²) in [4.78, 5) is 6.56. The molecule has 3 aliphatic heterocycles. The van der Waals surface area contributed by atoms with Crippen LogP contribution in [0, 0.1) is 5.92 Å². The van der Waals surface area contributed by atoms with Gasteiger partial charge in [-0.05, 0) is 43.2 Å². The van der Waals surface area contributed by atoms with Gasteiger partial charge < -0.3 is 10.2 Å². The quantitative estimate of drug-likeness (QED) is 0.541. The highest BCUT2D eigenvalue weighted by Gasteiger charge is 2.71. The molecule has 2 aromatic rings. The number of nitrogens with one attached hydrogen (secondary N) is 1. The minimum Gasteiger partial charge on any atom is -0.325 e. The van der Waals surface area contributed by atoms with Gasteiger partial charge in [0.1, 0.15) is 11.9 Å². The van der Waals surface area contributed by atoms with Crippen LogP contribution in [0.3, 0.4) is 0 Å². The van der Waals surface area contributed by atoms with Crippen LogP contribution in [0.15, 0.2) is 24.3 Å². The second kappa shape index (κ2) is 6.39. The molecule has 0 radical (unpaired) electrons. The molecule has 0 spiro atoms. The van der Waals surface area contributed by atoms with Gasteiger partial charge >= 0.3 is 12.4 Å². The Labute approximate surface area is 179 Å². The fourth-order valence-electron chi connectivity index (χ4n) is 6.22. The lowest BCUT2D eigenvalue weighted by Crippen LogP contribution is -2.37. The molecule has 11 heteroatoms. The Hall–Kier alpha value is -2.30. The summed E-state index contributed by atoms with van der Waals surface area (Å²) in [5.74, 6) is 0.109. The van der Waals surface area contributed by atoms with E-state index in [1.54, 1.807) is 0 Å². The molecule has 5 atom stereocenters. The van der Waals surface area contributed by atoms with E-state index in [1.807, 2.05) is 4.90 Å². The molecule has 3 fully saturated rings. The van der Waals surface area contributed by atoms with Crippen LogP contribution in [0.1, 0.15) is 54.6 Å². The maximum Gasteiger partial charge on any atom is 0.416 e. The van der Waals surface area contributed by atoms with E-state index >= 15 is 0 Å². The number of nitrogens with zero attached hydrogens (tertiary/aromatic N) is 4. The standard InChI is InChI=1S/C21H21F6N5/c22-20(23,24)13-3-1-2-11(8-13)14-4-5-15(21(25,26)27)32-17(14)29-18(30-32)31-16-12-6-7-19(16,31)10-28-9-12/h1-3,8,12,14-16,28H,4-7,9-10H2/t12-,14?,15?,16-,19-,31?/m0/s1. The van der Waals surface area contributed by atoms with E-state index in [0.29, 0.717) is 11.5 Å². The maximum absolute atomic E-state index is 13.8. The van der Waals surface area contributed by atoms with Gasteiger partial charge in [0.2, 0.25) is 5.95 Å². The van der Waals surface area contributed by atoms with Gasteiger partial charge in [0.05, 0.1) is 17.1 Å². The first-order chi connectivity index (χ1) is 15.1. The molecule has 4 heterocycles. The molecule has 2 unspecified atom stereocenters. The highest BCUT2D eigenvalue weighted by molar-refractivity contribution is 5.57. The summed E-state index contributed by atoms with van der Waals surface area (Å²) in [5, 5.41) is 7.69. The molecular weight excluding hydrogens is 436 g/mol. The molecule has 32 heavy (non-hydrogen) atoms. The fraction of sp³-hybridized carbons (Fsp3) is 0.619. The molecule has 6 rings (SSSR count). The molecule has 0 amide bonds. The van der Waals surface area contributed by atoms with Gasteiger partial charge in [-0.15, -0.1) is 5.10 Å². The number of alkyl halides is 6. The zero-order valence-corrected chi connectivity index (χ0v) is 16.9. The summed E-state index contributed by atoms with van der Waals surface area (Å²) in [6, 6.07) is 3.19. The van der Waals surface area contributed by atoms with Crippen LogP contribution in [-0.4, -0.2) is 45.6 Å². The molecule has 1 aromatic heterocycles. The van der Waals surface area contributed by atoms with Crippen molar-refractivity contribution in [1.82, 2.24) is 20.1 Å². The Bertz CT molecular complexity index is 1060. The highest BCUT2D eigenvalue weighted by Crippen LogP contribution is 2.59. The summed E-state index contributed by atoms with van der Waals surface area (Å²) >= 11 is 0. The van der Waals surface area contributed by atoms with Crippen molar-refractivity contribution in [2.45, 2.75) is 61.6 Å². The zero-order chi connectivity index (χ0) is 22.5. The summed E-state index contributed by atoms with van der Waals surface area (Å²) in [7, 11) is 0. The minimum absolute atomic E-state index is 0.0579. The monoisotopic (exact) mass is 457 g/mol. The van der Waals surface area contributed by atoms with Crippen molar-refractivity contribution in [1.29, 1.82) is 0 Å². The molecule has 1 saturated carbocycles. The van der Waals surface area contributed by atoms with Crippen LogP contribution in [0.2, 0.25) is 0 Å². The largest absolute Gasteiger partial charge is 0.416 e. The van der Waals surface area contributed by atoms with Gasteiger partial charge in [0.25, 0.3) is 0 Å². The molecule has 172 valence electrons. The molecule has 1 N–H and O–H groups in total. The van der Waals surface area contributed by atoms with Crippen molar-refractivity contribution < 1.29 is 26.3 Å². The van der Waals surface area contributed by atoms with Crippen LogP contribution in [0.5, 0.6) is 0 Å². The molecule has 5 nitrogen and oxygen atoms in total. The number of halogens is 6. The number of hydrogen-bond acceptors (Lipinski definition) is 4. The van der Waals surface area contributed by atoms with Gasteiger partial charge in [-0.25, -0.2) is 4.68 Å². The summed E-state index contributed by atoms with van der Waals surface area (Å²) in [6.45, 7) is 1.62. The number of anilines is 1. The first kappa shape index (κ1) is 20.3. The third-order valence-electron chi connectivity index (χ3n) is 7.66. The van der Waals surface area contributed by atoms with E-state index in [2.05, 4.69) is 15.4 Å². The Morgan fingerprint density at radius 1 is 1.06 bits per heavy atom. The van der Waals surface area contributed by atoms with Gasteiger partial charge in [-0.3, -0.25) is 0 Å². The maximum atomic E-state index is 13.8. The predicted molar refractivity (Wildman–Crippen MR) is 102 cm³/mol. The van der Waals surface area contributed by atoms with E-state index in [0.717, 1.165) is 42.7 Å². The van der Waals surface area contributed by atoms with Crippen molar-refractivity contribution in [2.24, 2.45) is 5.92 Å². The van der Waals surface area contributed by atoms with E-state index in [4.69, 9.17) is 0 Å².